The van der Waals surface area contributed by atoms with Gasteiger partial charge in [0.25, 0.3) is 5.91 Å². The highest BCUT2D eigenvalue weighted by atomic mass is 16.5. The molecule has 1 saturated heterocycles. The lowest BCUT2D eigenvalue weighted by atomic mass is 9.98. The van der Waals surface area contributed by atoms with Crippen LogP contribution in [0.25, 0.3) is 10.9 Å². The molecule has 4 rings (SSSR count). The van der Waals surface area contributed by atoms with E-state index < -0.39 is 0 Å². The number of aromatic nitrogens is 1. The fourth-order valence-electron chi connectivity index (χ4n) is 3.54. The van der Waals surface area contributed by atoms with E-state index in [9.17, 15) is 4.79 Å². The van der Waals surface area contributed by atoms with Crippen molar-refractivity contribution in [3.8, 4) is 0 Å². The first-order valence-electron chi connectivity index (χ1n) is 8.65. The molecule has 0 aliphatic carbocycles. The summed E-state index contributed by atoms with van der Waals surface area (Å²) in [4.78, 5) is 14.4. The molecule has 0 bridgehead atoms. The number of carbonyl (C=O) groups excluding carboxylic acids is 1. The highest BCUT2D eigenvalue weighted by Gasteiger charge is 2.25. The Morgan fingerprint density at radius 3 is 3.04 bits per heavy atom. The van der Waals surface area contributed by atoms with E-state index in [1.54, 1.807) is 12.1 Å². The van der Waals surface area contributed by atoms with Crippen LogP contribution in [-0.2, 0) is 18.2 Å². The summed E-state index contributed by atoms with van der Waals surface area (Å²) in [7, 11) is 2.05. The van der Waals surface area contributed by atoms with E-state index in [1.807, 2.05) is 4.90 Å². The standard InChI is InChI=1S/C20H22N2O3/c1-21-7-6-17-12-15(4-5-18(17)21)11-16-13-22(8-10-24-14-16)20(23)19-3-2-9-25-19/h2-7,9,12,16H,8,10-11,13-14H2,1H3/t16-/m1/s1. The maximum absolute atomic E-state index is 12.6. The van der Waals surface area contributed by atoms with Crippen LogP contribution >= 0.6 is 0 Å². The lowest BCUT2D eigenvalue weighted by molar-refractivity contribution is 0.0705. The highest BCUT2D eigenvalue weighted by molar-refractivity contribution is 5.91. The normalized spacial score (nSPS) is 18.4. The number of hydrogen-bond acceptors (Lipinski definition) is 3. The van der Waals surface area contributed by atoms with E-state index in [0.717, 1.165) is 6.42 Å². The van der Waals surface area contributed by atoms with E-state index in [0.29, 0.717) is 32.1 Å². The summed E-state index contributed by atoms with van der Waals surface area (Å²) in [6.45, 7) is 2.54. The third kappa shape index (κ3) is 3.33. The molecule has 0 N–H and O–H groups in total. The molecule has 2 aromatic heterocycles. The van der Waals surface area contributed by atoms with Crippen molar-refractivity contribution >= 4 is 16.8 Å². The Morgan fingerprint density at radius 2 is 2.20 bits per heavy atom. The Bertz CT molecular complexity index is 866. The molecule has 0 radical (unpaired) electrons. The minimum Gasteiger partial charge on any atom is -0.459 e. The summed E-state index contributed by atoms with van der Waals surface area (Å²) in [6.07, 6.45) is 4.51. The minimum absolute atomic E-state index is 0.0565. The predicted molar refractivity (Wildman–Crippen MR) is 95.5 cm³/mol. The van der Waals surface area contributed by atoms with Gasteiger partial charge in [-0.05, 0) is 47.7 Å². The molecule has 0 saturated carbocycles. The number of benzene rings is 1. The molecule has 5 nitrogen and oxygen atoms in total. The Balaban J connectivity index is 1.49. The van der Waals surface area contributed by atoms with Crippen LogP contribution in [0.15, 0.2) is 53.3 Å². The van der Waals surface area contributed by atoms with Gasteiger partial charge in [-0.2, -0.15) is 0 Å². The molecule has 25 heavy (non-hydrogen) atoms. The van der Waals surface area contributed by atoms with E-state index in [1.165, 1.54) is 22.7 Å². The molecule has 130 valence electrons. The summed E-state index contributed by atoms with van der Waals surface area (Å²) in [6, 6.07) is 12.2. The number of nitrogens with zero attached hydrogens (tertiary/aromatic N) is 2. The number of ether oxygens (including phenoxy) is 1. The van der Waals surface area contributed by atoms with Crippen molar-refractivity contribution in [2.75, 3.05) is 26.3 Å². The number of hydrogen-bond donors (Lipinski definition) is 0. The zero-order chi connectivity index (χ0) is 17.2. The lowest BCUT2D eigenvalue weighted by Gasteiger charge is -2.22. The summed E-state index contributed by atoms with van der Waals surface area (Å²) >= 11 is 0. The molecular formula is C20H22N2O3. The van der Waals surface area contributed by atoms with E-state index in [4.69, 9.17) is 9.15 Å². The van der Waals surface area contributed by atoms with Crippen LogP contribution in [0.4, 0.5) is 0 Å². The Hall–Kier alpha value is -2.53. The van der Waals surface area contributed by atoms with Crippen LogP contribution < -0.4 is 0 Å². The number of rotatable bonds is 3. The Morgan fingerprint density at radius 1 is 1.28 bits per heavy atom. The molecule has 1 aliphatic rings. The van der Waals surface area contributed by atoms with Crippen LogP contribution in [0.5, 0.6) is 0 Å². The van der Waals surface area contributed by atoms with Crippen molar-refractivity contribution in [1.82, 2.24) is 9.47 Å². The fraction of sp³-hybridized carbons (Fsp3) is 0.350. The maximum atomic E-state index is 12.6. The van der Waals surface area contributed by atoms with Crippen molar-refractivity contribution in [1.29, 1.82) is 0 Å². The lowest BCUT2D eigenvalue weighted by Crippen LogP contribution is -2.36. The van der Waals surface area contributed by atoms with Gasteiger partial charge in [0, 0.05) is 37.8 Å². The third-order valence-electron chi connectivity index (χ3n) is 4.83. The Kier molecular flexibility index (Phi) is 4.32. The van der Waals surface area contributed by atoms with Crippen molar-refractivity contribution in [2.24, 2.45) is 13.0 Å². The van der Waals surface area contributed by atoms with Crippen LogP contribution in [0.2, 0.25) is 0 Å². The first-order valence-corrected chi connectivity index (χ1v) is 8.65. The number of fused-ring (bicyclic) bond motifs is 1. The summed E-state index contributed by atoms with van der Waals surface area (Å²) in [5.74, 6) is 0.618. The molecule has 3 aromatic rings. The second kappa shape index (κ2) is 6.76. The van der Waals surface area contributed by atoms with E-state index >= 15 is 0 Å². The first kappa shape index (κ1) is 16.0. The van der Waals surface area contributed by atoms with E-state index in [-0.39, 0.29) is 11.8 Å². The number of furan rings is 1. The third-order valence-corrected chi connectivity index (χ3v) is 4.83. The van der Waals surface area contributed by atoms with Gasteiger partial charge < -0.3 is 18.6 Å². The van der Waals surface area contributed by atoms with E-state index in [2.05, 4.69) is 42.1 Å². The molecule has 1 amide bonds. The average Bonchev–Trinajstić information content (AvgIpc) is 3.21. The van der Waals surface area contributed by atoms with Gasteiger partial charge in [-0.25, -0.2) is 0 Å². The van der Waals surface area contributed by atoms with Crippen molar-refractivity contribution in [2.45, 2.75) is 6.42 Å². The molecule has 1 atom stereocenters. The quantitative estimate of drug-likeness (QED) is 0.737. The molecule has 0 unspecified atom stereocenters. The molecule has 1 aromatic carbocycles. The second-order valence-corrected chi connectivity index (χ2v) is 6.69. The summed E-state index contributed by atoms with van der Waals surface area (Å²) < 4.78 is 13.1. The van der Waals surface area contributed by atoms with Gasteiger partial charge in [0.15, 0.2) is 5.76 Å². The number of aryl methyl sites for hydroxylation is 1. The van der Waals surface area contributed by atoms with Gasteiger partial charge in [-0.1, -0.05) is 6.07 Å². The van der Waals surface area contributed by atoms with Gasteiger partial charge >= 0.3 is 0 Å². The number of amides is 1. The highest BCUT2D eigenvalue weighted by Crippen LogP contribution is 2.21. The van der Waals surface area contributed by atoms with Crippen molar-refractivity contribution in [3.63, 3.8) is 0 Å². The molecular weight excluding hydrogens is 316 g/mol. The molecule has 0 spiro atoms. The fourth-order valence-corrected chi connectivity index (χ4v) is 3.54. The van der Waals surface area contributed by atoms with Crippen molar-refractivity contribution in [3.05, 3.63) is 60.2 Å². The molecule has 5 heteroatoms. The van der Waals surface area contributed by atoms with Crippen LogP contribution in [0, 0.1) is 5.92 Å². The minimum atomic E-state index is -0.0565. The topological polar surface area (TPSA) is 47.6 Å². The summed E-state index contributed by atoms with van der Waals surface area (Å²) in [5.41, 5.74) is 2.51. The molecule has 1 aliphatic heterocycles. The summed E-state index contributed by atoms with van der Waals surface area (Å²) in [5, 5.41) is 1.25. The van der Waals surface area contributed by atoms with Crippen LogP contribution in [-0.4, -0.2) is 41.7 Å². The van der Waals surface area contributed by atoms with Crippen molar-refractivity contribution < 1.29 is 13.9 Å². The van der Waals surface area contributed by atoms with Gasteiger partial charge in [-0.15, -0.1) is 0 Å². The average molecular weight is 338 g/mol. The molecule has 1 fully saturated rings. The van der Waals surface area contributed by atoms with Gasteiger partial charge in [0.05, 0.1) is 19.5 Å². The van der Waals surface area contributed by atoms with Gasteiger partial charge in [-0.3, -0.25) is 4.79 Å². The van der Waals surface area contributed by atoms with Crippen LogP contribution in [0.1, 0.15) is 16.1 Å². The predicted octanol–water partition coefficient (Wildman–Crippen LogP) is 3.10. The zero-order valence-corrected chi connectivity index (χ0v) is 14.4. The van der Waals surface area contributed by atoms with Gasteiger partial charge in [0.2, 0.25) is 0 Å². The zero-order valence-electron chi connectivity index (χ0n) is 14.4. The Labute approximate surface area is 146 Å². The monoisotopic (exact) mass is 338 g/mol. The maximum Gasteiger partial charge on any atom is 0.289 e. The number of carbonyl (C=O) groups is 1. The second-order valence-electron chi connectivity index (χ2n) is 6.69. The smallest absolute Gasteiger partial charge is 0.289 e. The largest absolute Gasteiger partial charge is 0.459 e. The first-order chi connectivity index (χ1) is 12.2. The van der Waals surface area contributed by atoms with Crippen LogP contribution in [0.3, 0.4) is 0 Å². The van der Waals surface area contributed by atoms with Gasteiger partial charge in [0.1, 0.15) is 0 Å². The molecule has 3 heterocycles. The SMILES string of the molecule is Cn1ccc2cc(C[C@H]3COCCN(C(=O)c4ccco4)C3)ccc21.